The maximum atomic E-state index is 12.1. The van der Waals surface area contributed by atoms with Crippen molar-refractivity contribution in [1.82, 2.24) is 10.2 Å². The summed E-state index contributed by atoms with van der Waals surface area (Å²) in [5.41, 5.74) is 8.44. The molecule has 0 spiro atoms. The van der Waals surface area contributed by atoms with Gasteiger partial charge in [-0.2, -0.15) is 0 Å². The fraction of sp³-hybridized carbons (Fsp3) is 0.381. The normalized spacial score (nSPS) is 23.1. The summed E-state index contributed by atoms with van der Waals surface area (Å²) in [6.45, 7) is 1.76. The molecule has 0 aliphatic carbocycles. The van der Waals surface area contributed by atoms with Gasteiger partial charge in [-0.15, -0.1) is 0 Å². The molecule has 4 rings (SSSR count). The molecule has 1 aromatic carbocycles. The molecule has 2 atom stereocenters. The van der Waals surface area contributed by atoms with Crippen molar-refractivity contribution in [2.75, 3.05) is 13.1 Å². The highest BCUT2D eigenvalue weighted by Crippen LogP contribution is 2.52. The van der Waals surface area contributed by atoms with Crippen LogP contribution in [0.15, 0.2) is 52.1 Å². The number of amides is 2. The van der Waals surface area contributed by atoms with E-state index in [1.165, 1.54) is 17.3 Å². The number of rotatable bonds is 5. The third kappa shape index (κ3) is 3.76. The number of nitrogens with two attached hydrogens (primary N) is 1. The van der Waals surface area contributed by atoms with E-state index >= 15 is 0 Å². The average Bonchev–Trinajstić information content (AvgIpc) is 3.08. The third-order valence-electron chi connectivity index (χ3n) is 5.72. The summed E-state index contributed by atoms with van der Waals surface area (Å²) in [6.07, 6.45) is 3.59. The first kappa shape index (κ1) is 19.6. The lowest BCUT2D eigenvalue weighted by Crippen LogP contribution is -2.42. The van der Waals surface area contributed by atoms with Crippen LogP contribution < -0.4 is 11.1 Å². The summed E-state index contributed by atoms with van der Waals surface area (Å²) >= 11 is 1.32. The van der Waals surface area contributed by atoms with Gasteiger partial charge in [-0.25, -0.2) is 4.79 Å². The van der Waals surface area contributed by atoms with E-state index in [4.69, 9.17) is 5.73 Å². The number of primary amides is 1. The molecule has 4 N–H and O–H groups in total. The molecule has 0 aromatic heterocycles. The molecule has 3 heterocycles. The van der Waals surface area contributed by atoms with E-state index in [0.29, 0.717) is 0 Å². The van der Waals surface area contributed by atoms with Crippen molar-refractivity contribution in [3.05, 3.63) is 57.6 Å². The molecular weight excluding hydrogens is 390 g/mol. The second-order valence-electron chi connectivity index (χ2n) is 7.51. The molecule has 1 aromatic rings. The molecule has 1 saturated heterocycles. The first-order chi connectivity index (χ1) is 14.0. The summed E-state index contributed by atoms with van der Waals surface area (Å²) in [7, 11) is 0. The number of fused-ring (bicyclic) bond motifs is 4. The van der Waals surface area contributed by atoms with Gasteiger partial charge in [-0.05, 0) is 36.8 Å². The molecule has 2 amide bonds. The highest BCUT2D eigenvalue weighted by molar-refractivity contribution is 8.04. The molecule has 152 valence electrons. The first-order valence-electron chi connectivity index (χ1n) is 9.72. The molecule has 3 aliphatic rings. The largest absolute Gasteiger partial charge is 0.478 e. The number of aliphatic carboxylic acids is 1. The lowest BCUT2D eigenvalue weighted by molar-refractivity contribution is -0.137. The average molecular weight is 413 g/mol. The molecule has 7 nitrogen and oxygen atoms in total. The number of allylic oxidation sites excluding steroid dienone is 2. The van der Waals surface area contributed by atoms with Crippen LogP contribution in [0.3, 0.4) is 0 Å². The highest BCUT2D eigenvalue weighted by atomic mass is 32.2. The number of hydrogen-bond acceptors (Lipinski definition) is 5. The zero-order valence-electron chi connectivity index (χ0n) is 15.9. The van der Waals surface area contributed by atoms with Gasteiger partial charge in [0.05, 0.1) is 5.57 Å². The van der Waals surface area contributed by atoms with Gasteiger partial charge in [0.25, 0.3) is 0 Å². The van der Waals surface area contributed by atoms with Gasteiger partial charge < -0.3 is 21.1 Å². The van der Waals surface area contributed by atoms with Gasteiger partial charge >= 0.3 is 17.8 Å². The van der Waals surface area contributed by atoms with Crippen LogP contribution in [0.4, 0.5) is 0 Å². The maximum Gasteiger partial charge on any atom is 0.334 e. The number of carboxylic acid groups (broad SMARTS) is 1. The molecule has 1 fully saturated rings. The third-order valence-corrected chi connectivity index (χ3v) is 7.00. The van der Waals surface area contributed by atoms with Gasteiger partial charge in [0.1, 0.15) is 5.37 Å². The highest BCUT2D eigenvalue weighted by Gasteiger charge is 2.45. The van der Waals surface area contributed by atoms with Crippen LogP contribution in [0.25, 0.3) is 0 Å². The first-order valence-corrected chi connectivity index (χ1v) is 10.6. The van der Waals surface area contributed by atoms with Crippen molar-refractivity contribution in [1.29, 1.82) is 0 Å². The number of piperidine rings is 1. The minimum Gasteiger partial charge on any atom is -0.478 e. The van der Waals surface area contributed by atoms with Gasteiger partial charge in [-0.3, -0.25) is 9.59 Å². The molecule has 0 radical (unpaired) electrons. The zero-order chi connectivity index (χ0) is 20.5. The van der Waals surface area contributed by atoms with Crippen LogP contribution in [0.5, 0.6) is 0 Å². The van der Waals surface area contributed by atoms with E-state index in [1.54, 1.807) is 0 Å². The van der Waals surface area contributed by atoms with E-state index < -0.39 is 23.2 Å². The predicted molar refractivity (Wildman–Crippen MR) is 109 cm³/mol. The van der Waals surface area contributed by atoms with Crippen molar-refractivity contribution in [2.24, 2.45) is 11.7 Å². The summed E-state index contributed by atoms with van der Waals surface area (Å²) in [5, 5.41) is 11.6. The van der Waals surface area contributed by atoms with E-state index in [2.05, 4.69) is 22.3 Å². The van der Waals surface area contributed by atoms with Crippen molar-refractivity contribution in [2.45, 2.75) is 31.1 Å². The number of carbonyl (C=O) groups is 3. The predicted octanol–water partition coefficient (Wildman–Crippen LogP) is 1.61. The molecule has 29 heavy (non-hydrogen) atoms. The Balaban J connectivity index is 1.71. The van der Waals surface area contributed by atoms with E-state index in [-0.39, 0.29) is 11.5 Å². The Hall–Kier alpha value is -2.74. The van der Waals surface area contributed by atoms with Crippen LogP contribution in [-0.4, -0.2) is 46.3 Å². The summed E-state index contributed by atoms with van der Waals surface area (Å²) < 4.78 is 0. The fourth-order valence-corrected chi connectivity index (χ4v) is 5.95. The molecule has 0 saturated carbocycles. The van der Waals surface area contributed by atoms with Gasteiger partial charge in [-0.1, -0.05) is 42.1 Å². The number of nitrogens with zero attached hydrogens (tertiary/aromatic N) is 1. The minimum atomic E-state index is -1.11. The lowest BCUT2D eigenvalue weighted by Gasteiger charge is -2.42. The van der Waals surface area contributed by atoms with E-state index in [0.717, 1.165) is 54.9 Å². The smallest absolute Gasteiger partial charge is 0.334 e. The molecule has 2 bridgehead atoms. The fourth-order valence-electron chi connectivity index (χ4n) is 4.43. The maximum absolute atomic E-state index is 12.1. The number of aryl methyl sites for hydroxylation is 1. The number of nitrogens with one attached hydrogen (secondary N) is 1. The second-order valence-corrected chi connectivity index (χ2v) is 8.63. The Labute approximate surface area is 173 Å². The van der Waals surface area contributed by atoms with Crippen LogP contribution in [0.2, 0.25) is 0 Å². The van der Waals surface area contributed by atoms with Crippen molar-refractivity contribution < 1.29 is 19.5 Å². The van der Waals surface area contributed by atoms with Crippen LogP contribution in [0, 0.1) is 5.92 Å². The lowest BCUT2D eigenvalue weighted by atomic mass is 9.82. The van der Waals surface area contributed by atoms with Crippen LogP contribution in [-0.2, 0) is 20.8 Å². The van der Waals surface area contributed by atoms with Crippen molar-refractivity contribution >= 4 is 29.5 Å². The number of thioether (sulfide) groups is 1. The van der Waals surface area contributed by atoms with Crippen LogP contribution >= 0.6 is 11.8 Å². The molecule has 3 aliphatic heterocycles. The molecule has 2 unspecified atom stereocenters. The number of hydrogen-bond donors (Lipinski definition) is 3. The van der Waals surface area contributed by atoms with Gasteiger partial charge in [0, 0.05) is 29.6 Å². The van der Waals surface area contributed by atoms with Crippen molar-refractivity contribution in [3.63, 3.8) is 0 Å². The second kappa shape index (κ2) is 7.94. The SMILES string of the molecule is NC(=O)C(=O)NC1SC2=C(CCc3ccccc3)N3CCCC(C3)C2=C1C(=O)O. The quantitative estimate of drug-likeness (QED) is 0.632. The number of carbonyl (C=O) groups excluding carboxylic acids is 2. The zero-order valence-corrected chi connectivity index (χ0v) is 16.7. The summed E-state index contributed by atoms with van der Waals surface area (Å²) in [6, 6.07) is 10.2. The molecule has 8 heteroatoms. The Morgan fingerprint density at radius 1 is 1.21 bits per heavy atom. The summed E-state index contributed by atoms with van der Waals surface area (Å²) in [5.74, 6) is -3.00. The van der Waals surface area contributed by atoms with Gasteiger partial charge in [0.2, 0.25) is 0 Å². The Kier molecular flexibility index (Phi) is 5.36. The van der Waals surface area contributed by atoms with Crippen molar-refractivity contribution in [3.8, 4) is 0 Å². The van der Waals surface area contributed by atoms with E-state index in [1.807, 2.05) is 18.2 Å². The summed E-state index contributed by atoms with van der Waals surface area (Å²) in [4.78, 5) is 38.5. The standard InChI is InChI=1S/C21H23N3O4S/c22-18(25)19(26)23-20-16(21(27)28)15-13-7-4-10-24(11-13)14(17(15)29-20)9-8-12-5-2-1-3-6-12/h1-3,5-6,13,20H,4,7-11H2,(H2,22,25)(H,23,26)(H,27,28). The Morgan fingerprint density at radius 2 is 1.97 bits per heavy atom. The van der Waals surface area contributed by atoms with E-state index in [9.17, 15) is 19.5 Å². The number of benzene rings is 1. The monoisotopic (exact) mass is 413 g/mol. The Morgan fingerprint density at radius 3 is 2.66 bits per heavy atom. The van der Waals surface area contributed by atoms with Crippen LogP contribution in [0.1, 0.15) is 24.8 Å². The topological polar surface area (TPSA) is 113 Å². The molecular formula is C21H23N3O4S. The number of carboxylic acids is 1. The Bertz CT molecular complexity index is 925. The van der Waals surface area contributed by atoms with Gasteiger partial charge in [0.15, 0.2) is 0 Å². The minimum absolute atomic E-state index is 0.133.